The highest BCUT2D eigenvalue weighted by Gasteiger charge is 2.30. The molecule has 1 atom stereocenters. The molecule has 0 aliphatic heterocycles. The molecule has 41 heavy (non-hydrogen) atoms. The van der Waals surface area contributed by atoms with Crippen LogP contribution < -0.4 is 19.5 Å². The Kier molecular flexibility index (Phi) is 8.10. The van der Waals surface area contributed by atoms with Crippen LogP contribution in [0.2, 0.25) is 0 Å². The molecule has 210 valence electrons. The number of aliphatic carboxylic acids is 1. The van der Waals surface area contributed by atoms with E-state index in [2.05, 4.69) is 17.4 Å². The largest absolute Gasteiger partial charge is 0.493 e. The molecule has 0 radical (unpaired) electrons. The van der Waals surface area contributed by atoms with E-state index in [4.69, 9.17) is 18.9 Å². The highest BCUT2D eigenvalue weighted by Crippen LogP contribution is 2.44. The zero-order chi connectivity index (χ0) is 28.9. The normalized spacial score (nSPS) is 12.6. The predicted octanol–water partition coefficient (Wildman–Crippen LogP) is 5.91. The molecule has 1 aliphatic carbocycles. The highest BCUT2D eigenvalue weighted by molar-refractivity contribution is 5.81. The van der Waals surface area contributed by atoms with Gasteiger partial charge in [0.25, 0.3) is 0 Å². The Hall–Kier alpha value is -4.98. The van der Waals surface area contributed by atoms with Gasteiger partial charge in [-0.2, -0.15) is 0 Å². The van der Waals surface area contributed by atoms with Gasteiger partial charge in [-0.25, -0.2) is 9.59 Å². The number of carboxylic acids is 1. The van der Waals surface area contributed by atoms with E-state index in [0.29, 0.717) is 17.2 Å². The van der Waals surface area contributed by atoms with Gasteiger partial charge in [0, 0.05) is 12.3 Å². The van der Waals surface area contributed by atoms with E-state index < -0.39 is 18.1 Å². The maximum Gasteiger partial charge on any atom is 0.407 e. The van der Waals surface area contributed by atoms with Crippen LogP contribution in [0.5, 0.6) is 17.2 Å². The Balaban J connectivity index is 1.25. The Morgan fingerprint density at radius 2 is 1.34 bits per heavy atom. The summed E-state index contributed by atoms with van der Waals surface area (Å²) in [5.41, 5.74) is 6.88. The van der Waals surface area contributed by atoms with Crippen LogP contribution in [0.25, 0.3) is 22.3 Å². The van der Waals surface area contributed by atoms with Gasteiger partial charge in [-0.3, -0.25) is 0 Å². The first-order valence-electron chi connectivity index (χ1n) is 13.2. The standard InChI is InChI=1S/C33H31NO7/c1-38-29-17-22(18-30(39-2)31(29)40-3)21-14-12-20(13-15-21)16-28(32(35)36)34-33(37)41-19-27-25-10-6-4-8-23(25)24-9-5-7-11-26(24)27/h4-15,17-18,27-28H,16,19H2,1-3H3,(H,34,37)(H,35,36). The molecule has 4 aromatic rings. The maximum absolute atomic E-state index is 12.7. The second-order valence-corrected chi connectivity index (χ2v) is 9.68. The molecule has 0 fully saturated rings. The van der Waals surface area contributed by atoms with E-state index in [1.807, 2.05) is 72.8 Å². The van der Waals surface area contributed by atoms with Gasteiger partial charge >= 0.3 is 12.1 Å². The topological polar surface area (TPSA) is 103 Å². The lowest BCUT2D eigenvalue weighted by molar-refractivity contribution is -0.139. The molecular weight excluding hydrogens is 522 g/mol. The van der Waals surface area contributed by atoms with E-state index >= 15 is 0 Å². The molecule has 0 saturated heterocycles. The fourth-order valence-corrected chi connectivity index (χ4v) is 5.30. The van der Waals surface area contributed by atoms with Gasteiger partial charge in [0.15, 0.2) is 11.5 Å². The number of nitrogens with one attached hydrogen (secondary N) is 1. The summed E-state index contributed by atoms with van der Waals surface area (Å²) < 4.78 is 21.8. The van der Waals surface area contributed by atoms with Crippen molar-refractivity contribution in [2.75, 3.05) is 27.9 Å². The number of rotatable bonds is 10. The summed E-state index contributed by atoms with van der Waals surface area (Å²) in [4.78, 5) is 24.7. The van der Waals surface area contributed by atoms with Gasteiger partial charge < -0.3 is 29.4 Å². The quantitative estimate of drug-likeness (QED) is 0.252. The average Bonchev–Trinajstić information content (AvgIpc) is 3.32. The number of carboxylic acid groups (broad SMARTS) is 1. The van der Waals surface area contributed by atoms with Gasteiger partial charge in [0.05, 0.1) is 21.3 Å². The number of methoxy groups -OCH3 is 3. The first-order valence-corrected chi connectivity index (χ1v) is 13.2. The molecular formula is C33H31NO7. The third-order valence-electron chi connectivity index (χ3n) is 7.33. The Morgan fingerprint density at radius 1 is 0.780 bits per heavy atom. The fourth-order valence-electron chi connectivity index (χ4n) is 5.30. The van der Waals surface area contributed by atoms with Crippen LogP contribution in [0.3, 0.4) is 0 Å². The van der Waals surface area contributed by atoms with Gasteiger partial charge in [-0.05, 0) is 51.1 Å². The van der Waals surface area contributed by atoms with E-state index in [1.54, 1.807) is 21.3 Å². The van der Waals surface area contributed by atoms with Gasteiger partial charge in [-0.1, -0.05) is 72.8 Å². The summed E-state index contributed by atoms with van der Waals surface area (Å²) >= 11 is 0. The van der Waals surface area contributed by atoms with Crippen molar-refractivity contribution in [1.82, 2.24) is 5.32 Å². The molecule has 4 aromatic carbocycles. The van der Waals surface area contributed by atoms with E-state index in [9.17, 15) is 14.7 Å². The zero-order valence-electron chi connectivity index (χ0n) is 23.0. The lowest BCUT2D eigenvalue weighted by atomic mass is 9.98. The third-order valence-corrected chi connectivity index (χ3v) is 7.33. The molecule has 1 amide bonds. The van der Waals surface area contributed by atoms with Gasteiger partial charge in [0.1, 0.15) is 12.6 Å². The van der Waals surface area contributed by atoms with Crippen molar-refractivity contribution in [2.24, 2.45) is 0 Å². The van der Waals surface area contributed by atoms with Crippen LogP contribution >= 0.6 is 0 Å². The molecule has 1 aliphatic rings. The minimum absolute atomic E-state index is 0.0923. The monoisotopic (exact) mass is 553 g/mol. The van der Waals surface area contributed by atoms with Crippen LogP contribution in [0.15, 0.2) is 84.9 Å². The molecule has 0 spiro atoms. The average molecular weight is 554 g/mol. The summed E-state index contributed by atoms with van der Waals surface area (Å²) in [6.07, 6.45) is -0.678. The van der Waals surface area contributed by atoms with Gasteiger partial charge in [-0.15, -0.1) is 0 Å². The lowest BCUT2D eigenvalue weighted by Crippen LogP contribution is -2.42. The Morgan fingerprint density at radius 3 is 1.85 bits per heavy atom. The summed E-state index contributed by atoms with van der Waals surface area (Å²) in [7, 11) is 4.66. The SMILES string of the molecule is COc1cc(-c2ccc(CC(NC(=O)OCC3c4ccccc4-c4ccccc43)C(=O)O)cc2)cc(OC)c1OC. The lowest BCUT2D eigenvalue weighted by Gasteiger charge is -2.18. The molecule has 5 rings (SSSR count). The number of amides is 1. The molecule has 0 bridgehead atoms. The van der Waals surface area contributed by atoms with Crippen molar-refractivity contribution >= 4 is 12.1 Å². The van der Waals surface area contributed by atoms with Crippen molar-refractivity contribution in [2.45, 2.75) is 18.4 Å². The number of carbonyl (C=O) groups excluding carboxylic acids is 1. The van der Waals surface area contributed by atoms with Crippen LogP contribution in [0, 0.1) is 0 Å². The van der Waals surface area contributed by atoms with Crippen LogP contribution in [-0.2, 0) is 16.0 Å². The van der Waals surface area contributed by atoms with Crippen molar-refractivity contribution in [1.29, 1.82) is 0 Å². The molecule has 8 heteroatoms. The van der Waals surface area contributed by atoms with Crippen molar-refractivity contribution in [3.63, 3.8) is 0 Å². The fraction of sp³-hybridized carbons (Fsp3) is 0.212. The maximum atomic E-state index is 12.7. The Bertz CT molecular complexity index is 1490. The molecule has 1 unspecified atom stereocenters. The van der Waals surface area contributed by atoms with Crippen molar-refractivity contribution in [3.8, 4) is 39.5 Å². The predicted molar refractivity (Wildman–Crippen MR) is 155 cm³/mol. The molecule has 0 aromatic heterocycles. The molecule has 0 saturated carbocycles. The number of ether oxygens (including phenoxy) is 4. The summed E-state index contributed by atoms with van der Waals surface area (Å²) in [5.74, 6) is 0.304. The number of fused-ring (bicyclic) bond motifs is 3. The van der Waals surface area contributed by atoms with E-state index in [-0.39, 0.29) is 18.9 Å². The number of alkyl carbamates (subject to hydrolysis) is 1. The van der Waals surface area contributed by atoms with Crippen LogP contribution in [-0.4, -0.2) is 51.1 Å². The number of benzene rings is 4. The second-order valence-electron chi connectivity index (χ2n) is 9.68. The second kappa shape index (κ2) is 12.0. The minimum atomic E-state index is -1.15. The van der Waals surface area contributed by atoms with Crippen LogP contribution in [0.4, 0.5) is 4.79 Å². The number of hydrogen-bond acceptors (Lipinski definition) is 6. The van der Waals surface area contributed by atoms with Gasteiger partial charge in [0.2, 0.25) is 5.75 Å². The molecule has 0 heterocycles. The zero-order valence-corrected chi connectivity index (χ0v) is 23.0. The summed E-state index contributed by atoms with van der Waals surface area (Å²) in [6, 6.07) is 26.0. The van der Waals surface area contributed by atoms with Crippen molar-refractivity contribution in [3.05, 3.63) is 102 Å². The highest BCUT2D eigenvalue weighted by atomic mass is 16.5. The Labute approximate surface area is 238 Å². The van der Waals surface area contributed by atoms with Crippen molar-refractivity contribution < 1.29 is 33.6 Å². The number of hydrogen-bond donors (Lipinski definition) is 2. The summed E-state index contributed by atoms with van der Waals surface area (Å²) in [5, 5.41) is 12.3. The first kappa shape index (κ1) is 27.6. The summed E-state index contributed by atoms with van der Waals surface area (Å²) in [6.45, 7) is 0.107. The van der Waals surface area contributed by atoms with E-state index in [0.717, 1.165) is 38.9 Å². The smallest absolute Gasteiger partial charge is 0.407 e. The molecule has 2 N–H and O–H groups in total. The van der Waals surface area contributed by atoms with Crippen LogP contribution in [0.1, 0.15) is 22.6 Å². The first-order chi connectivity index (χ1) is 19.9. The van der Waals surface area contributed by atoms with E-state index in [1.165, 1.54) is 0 Å². The number of carbonyl (C=O) groups is 2. The third kappa shape index (κ3) is 5.68. The molecule has 8 nitrogen and oxygen atoms in total. The minimum Gasteiger partial charge on any atom is -0.493 e.